The van der Waals surface area contributed by atoms with Gasteiger partial charge in [0.05, 0.1) is 7.11 Å². The molecule has 0 fully saturated rings. The van der Waals surface area contributed by atoms with Crippen LogP contribution in [-0.2, 0) is 0 Å². The molecule has 1 aromatic carbocycles. The minimum Gasteiger partial charge on any atom is -0.497 e. The van der Waals surface area contributed by atoms with Crippen LogP contribution in [0.4, 0.5) is 5.69 Å². The molecule has 2 nitrogen and oxygen atoms in total. The van der Waals surface area contributed by atoms with Gasteiger partial charge in [0.15, 0.2) is 0 Å². The molecule has 0 saturated heterocycles. The maximum atomic E-state index is 6.19. The van der Waals surface area contributed by atoms with Crippen LogP contribution in [0.15, 0.2) is 24.3 Å². The lowest BCUT2D eigenvalue weighted by molar-refractivity contribution is 0.156. The lowest BCUT2D eigenvalue weighted by Gasteiger charge is -2.41. The van der Waals surface area contributed by atoms with Gasteiger partial charge in [0.1, 0.15) is 5.75 Å². The zero-order valence-corrected chi connectivity index (χ0v) is 13.4. The van der Waals surface area contributed by atoms with Crippen molar-refractivity contribution in [1.82, 2.24) is 0 Å². The Morgan fingerprint density at radius 2 is 2.00 bits per heavy atom. The Morgan fingerprint density at radius 3 is 2.50 bits per heavy atom. The van der Waals surface area contributed by atoms with E-state index in [2.05, 4.69) is 39.8 Å². The molecule has 0 amide bonds. The molecule has 2 rings (SSSR count). The number of ether oxygens (including phenoxy) is 1. The van der Waals surface area contributed by atoms with Crippen LogP contribution in [0.3, 0.4) is 0 Å². The van der Waals surface area contributed by atoms with Gasteiger partial charge < -0.3 is 10.5 Å². The minimum absolute atomic E-state index is 0.324. The van der Waals surface area contributed by atoms with E-state index in [-0.39, 0.29) is 0 Å². The number of anilines is 1. The number of hydrogen-bond acceptors (Lipinski definition) is 2. The second-order valence-electron chi connectivity index (χ2n) is 6.93. The average molecular weight is 273 g/mol. The number of methoxy groups -OCH3 is 1. The Kier molecular flexibility index (Phi) is 4.12. The minimum atomic E-state index is 0.324. The van der Waals surface area contributed by atoms with Crippen LogP contribution in [0.5, 0.6) is 5.75 Å². The van der Waals surface area contributed by atoms with E-state index in [4.69, 9.17) is 10.5 Å². The van der Waals surface area contributed by atoms with E-state index >= 15 is 0 Å². The van der Waals surface area contributed by atoms with Gasteiger partial charge >= 0.3 is 0 Å². The van der Waals surface area contributed by atoms with E-state index in [0.717, 1.165) is 36.1 Å². The molecular weight excluding hydrogens is 246 g/mol. The van der Waals surface area contributed by atoms with Crippen LogP contribution in [0, 0.1) is 17.3 Å². The Labute approximate surface area is 123 Å². The van der Waals surface area contributed by atoms with Crippen LogP contribution in [0.1, 0.15) is 46.1 Å². The van der Waals surface area contributed by atoms with Gasteiger partial charge in [-0.2, -0.15) is 0 Å². The molecule has 0 bridgehead atoms. The summed E-state index contributed by atoms with van der Waals surface area (Å²) in [7, 11) is 1.67. The molecule has 20 heavy (non-hydrogen) atoms. The third-order valence-electron chi connectivity index (χ3n) is 4.68. The summed E-state index contributed by atoms with van der Waals surface area (Å²) in [6, 6.07) is 6.00. The maximum absolute atomic E-state index is 6.19. The van der Waals surface area contributed by atoms with Crippen molar-refractivity contribution in [3.63, 3.8) is 0 Å². The van der Waals surface area contributed by atoms with Crippen molar-refractivity contribution >= 4 is 11.3 Å². The van der Waals surface area contributed by atoms with E-state index in [1.807, 2.05) is 12.1 Å². The molecule has 2 N–H and O–H groups in total. The molecule has 1 unspecified atom stereocenters. The Balaban J connectivity index is 2.31. The maximum Gasteiger partial charge on any atom is 0.120 e. The topological polar surface area (TPSA) is 35.2 Å². The first-order valence-electron chi connectivity index (χ1n) is 7.48. The first-order valence-corrected chi connectivity index (χ1v) is 7.48. The SMILES string of the molecule is COc1ccc(C2=CCC(C(C)C)C(C)(C)C2)c(N)c1. The Hall–Kier alpha value is -1.44. The molecule has 1 aliphatic rings. The number of rotatable bonds is 3. The van der Waals surface area contributed by atoms with Gasteiger partial charge in [0.25, 0.3) is 0 Å². The Bertz CT molecular complexity index is 514. The van der Waals surface area contributed by atoms with Crippen molar-refractivity contribution in [3.05, 3.63) is 29.8 Å². The van der Waals surface area contributed by atoms with Crippen molar-refractivity contribution in [1.29, 1.82) is 0 Å². The number of nitrogens with two attached hydrogens (primary N) is 1. The summed E-state index contributed by atoms with van der Waals surface area (Å²) in [6.07, 6.45) is 4.62. The van der Waals surface area contributed by atoms with E-state index in [9.17, 15) is 0 Å². The van der Waals surface area contributed by atoms with E-state index in [0.29, 0.717) is 5.41 Å². The standard InChI is InChI=1S/C18H27NO/c1-12(2)16-9-6-13(11-18(16,3)4)15-8-7-14(20-5)10-17(15)19/h6-8,10,12,16H,9,11,19H2,1-5H3. The normalized spacial score (nSPS) is 21.7. The lowest BCUT2D eigenvalue weighted by Crippen LogP contribution is -2.31. The second kappa shape index (κ2) is 5.51. The van der Waals surface area contributed by atoms with E-state index < -0.39 is 0 Å². The summed E-state index contributed by atoms with van der Waals surface area (Å²) in [6.45, 7) is 9.41. The zero-order valence-electron chi connectivity index (χ0n) is 13.4. The first kappa shape index (κ1) is 15.0. The summed E-state index contributed by atoms with van der Waals surface area (Å²) in [5.41, 5.74) is 9.88. The molecule has 1 atom stereocenters. The molecule has 0 spiro atoms. The second-order valence-corrected chi connectivity index (χ2v) is 6.93. The van der Waals surface area contributed by atoms with Gasteiger partial charge in [-0.05, 0) is 47.8 Å². The van der Waals surface area contributed by atoms with Crippen molar-refractivity contribution in [2.45, 2.75) is 40.5 Å². The van der Waals surface area contributed by atoms with Crippen LogP contribution < -0.4 is 10.5 Å². The summed E-state index contributed by atoms with van der Waals surface area (Å²) in [5, 5.41) is 0. The highest BCUT2D eigenvalue weighted by molar-refractivity contribution is 5.76. The monoisotopic (exact) mass is 273 g/mol. The van der Waals surface area contributed by atoms with Gasteiger partial charge in [-0.25, -0.2) is 0 Å². The summed E-state index contributed by atoms with van der Waals surface area (Å²) >= 11 is 0. The van der Waals surface area contributed by atoms with Gasteiger partial charge in [-0.1, -0.05) is 33.8 Å². The Morgan fingerprint density at radius 1 is 1.30 bits per heavy atom. The predicted octanol–water partition coefficient (Wildman–Crippen LogP) is 4.75. The molecular formula is C18H27NO. The average Bonchev–Trinajstić information content (AvgIpc) is 2.36. The van der Waals surface area contributed by atoms with Crippen LogP contribution >= 0.6 is 0 Å². The molecule has 0 aliphatic heterocycles. The van der Waals surface area contributed by atoms with Crippen LogP contribution in [0.2, 0.25) is 0 Å². The molecule has 0 aromatic heterocycles. The van der Waals surface area contributed by atoms with Gasteiger partial charge in [-0.15, -0.1) is 0 Å². The molecule has 110 valence electrons. The highest BCUT2D eigenvalue weighted by atomic mass is 16.5. The van der Waals surface area contributed by atoms with Crippen LogP contribution in [-0.4, -0.2) is 7.11 Å². The molecule has 0 radical (unpaired) electrons. The third-order valence-corrected chi connectivity index (χ3v) is 4.68. The van der Waals surface area contributed by atoms with Gasteiger partial charge in [0, 0.05) is 17.3 Å². The highest BCUT2D eigenvalue weighted by Gasteiger charge is 2.35. The van der Waals surface area contributed by atoms with Crippen molar-refractivity contribution in [2.24, 2.45) is 17.3 Å². The van der Waals surface area contributed by atoms with E-state index in [1.54, 1.807) is 7.11 Å². The fourth-order valence-corrected chi connectivity index (χ4v) is 3.62. The zero-order chi connectivity index (χ0) is 14.9. The number of hydrogen-bond donors (Lipinski definition) is 1. The number of allylic oxidation sites excluding steroid dienone is 2. The van der Waals surface area contributed by atoms with Crippen molar-refractivity contribution in [2.75, 3.05) is 12.8 Å². The fourth-order valence-electron chi connectivity index (χ4n) is 3.62. The number of nitrogen functional groups attached to an aromatic ring is 1. The molecule has 1 aliphatic carbocycles. The smallest absolute Gasteiger partial charge is 0.120 e. The molecule has 0 heterocycles. The summed E-state index contributed by atoms with van der Waals surface area (Å²) < 4.78 is 5.23. The van der Waals surface area contributed by atoms with Crippen molar-refractivity contribution in [3.8, 4) is 5.75 Å². The molecule has 0 saturated carbocycles. The van der Waals surface area contributed by atoms with Gasteiger partial charge in [-0.3, -0.25) is 0 Å². The van der Waals surface area contributed by atoms with Crippen molar-refractivity contribution < 1.29 is 4.74 Å². The lowest BCUT2D eigenvalue weighted by atomic mass is 9.64. The summed E-state index contributed by atoms with van der Waals surface area (Å²) in [4.78, 5) is 0. The van der Waals surface area contributed by atoms with Gasteiger partial charge in [0.2, 0.25) is 0 Å². The van der Waals surface area contributed by atoms with Crippen LogP contribution in [0.25, 0.3) is 5.57 Å². The highest BCUT2D eigenvalue weighted by Crippen LogP contribution is 2.47. The fraction of sp³-hybridized carbons (Fsp3) is 0.556. The first-order chi connectivity index (χ1) is 9.35. The molecule has 1 aromatic rings. The molecule has 2 heteroatoms. The third kappa shape index (κ3) is 2.84. The quantitative estimate of drug-likeness (QED) is 0.806. The summed E-state index contributed by atoms with van der Waals surface area (Å²) in [5.74, 6) is 2.28. The largest absolute Gasteiger partial charge is 0.497 e. The van der Waals surface area contributed by atoms with E-state index in [1.165, 1.54) is 11.1 Å². The predicted molar refractivity (Wildman–Crippen MR) is 86.7 cm³/mol. The number of benzene rings is 1.